The van der Waals surface area contributed by atoms with Crippen LogP contribution in [0.25, 0.3) is 0 Å². The monoisotopic (exact) mass is 209 g/mol. The van der Waals surface area contributed by atoms with Gasteiger partial charge < -0.3 is 5.11 Å². The average molecular weight is 209 g/mol. The van der Waals surface area contributed by atoms with Crippen molar-refractivity contribution in [3.05, 3.63) is 12.2 Å². The van der Waals surface area contributed by atoms with Crippen LogP contribution in [0.1, 0.15) is 37.9 Å². The summed E-state index contributed by atoms with van der Waals surface area (Å²) in [6.07, 6.45) is 8.13. The quantitative estimate of drug-likeness (QED) is 0.816. The number of aromatic nitrogens is 3. The van der Waals surface area contributed by atoms with Gasteiger partial charge in [0, 0.05) is 13.5 Å². The van der Waals surface area contributed by atoms with Crippen LogP contribution in [0.15, 0.2) is 6.33 Å². The van der Waals surface area contributed by atoms with Crippen LogP contribution in [-0.4, -0.2) is 26.0 Å². The van der Waals surface area contributed by atoms with E-state index in [4.69, 9.17) is 0 Å². The van der Waals surface area contributed by atoms with Gasteiger partial charge in [0.1, 0.15) is 12.2 Å². The van der Waals surface area contributed by atoms with Crippen molar-refractivity contribution in [3.63, 3.8) is 0 Å². The Morgan fingerprint density at radius 3 is 2.80 bits per heavy atom. The summed E-state index contributed by atoms with van der Waals surface area (Å²) in [6.45, 7) is 0. The first-order valence-corrected chi connectivity index (χ1v) is 5.78. The van der Waals surface area contributed by atoms with Gasteiger partial charge in [-0.15, -0.1) is 0 Å². The Bertz CT molecular complexity index is 305. The Hall–Kier alpha value is -0.900. The van der Waals surface area contributed by atoms with Gasteiger partial charge in [0.25, 0.3) is 0 Å². The van der Waals surface area contributed by atoms with Crippen LogP contribution in [0.5, 0.6) is 0 Å². The number of hydrogen-bond donors (Lipinski definition) is 1. The van der Waals surface area contributed by atoms with Crippen molar-refractivity contribution in [1.29, 1.82) is 0 Å². The first-order chi connectivity index (χ1) is 7.27. The van der Waals surface area contributed by atoms with Crippen molar-refractivity contribution in [2.24, 2.45) is 13.0 Å². The molecule has 1 heterocycles. The molecule has 1 aliphatic rings. The standard InChI is InChI=1S/C11H19N3O/c1-14-11(12-8-13-14)7-10(15)9-5-3-2-4-6-9/h8-10,15H,2-7H2,1H3. The summed E-state index contributed by atoms with van der Waals surface area (Å²) in [6, 6.07) is 0. The zero-order chi connectivity index (χ0) is 10.7. The van der Waals surface area contributed by atoms with Crippen molar-refractivity contribution in [1.82, 2.24) is 14.8 Å². The first-order valence-electron chi connectivity index (χ1n) is 5.78. The predicted octanol–water partition coefficient (Wildman–Crippen LogP) is 1.30. The number of hydrogen-bond acceptors (Lipinski definition) is 3. The van der Waals surface area contributed by atoms with E-state index in [1.807, 2.05) is 7.05 Å². The SMILES string of the molecule is Cn1ncnc1CC(O)C1CCCCC1. The molecule has 1 atom stereocenters. The lowest BCUT2D eigenvalue weighted by molar-refractivity contribution is 0.0826. The minimum Gasteiger partial charge on any atom is -0.392 e. The molecule has 1 unspecified atom stereocenters. The Balaban J connectivity index is 1.91. The van der Waals surface area contributed by atoms with Gasteiger partial charge in [0.05, 0.1) is 6.10 Å². The van der Waals surface area contributed by atoms with Crippen LogP contribution >= 0.6 is 0 Å². The average Bonchev–Trinajstić information content (AvgIpc) is 2.66. The van der Waals surface area contributed by atoms with Crippen molar-refractivity contribution in [3.8, 4) is 0 Å². The number of rotatable bonds is 3. The molecule has 2 rings (SSSR count). The highest BCUT2D eigenvalue weighted by Gasteiger charge is 2.22. The van der Waals surface area contributed by atoms with Crippen LogP contribution in [0.4, 0.5) is 0 Å². The van der Waals surface area contributed by atoms with Gasteiger partial charge in [-0.25, -0.2) is 4.98 Å². The van der Waals surface area contributed by atoms with E-state index in [0.29, 0.717) is 12.3 Å². The third-order valence-electron chi connectivity index (χ3n) is 3.39. The van der Waals surface area contributed by atoms with E-state index >= 15 is 0 Å². The van der Waals surface area contributed by atoms with Gasteiger partial charge in [-0.05, 0) is 18.8 Å². The molecule has 1 fully saturated rings. The Morgan fingerprint density at radius 1 is 1.47 bits per heavy atom. The van der Waals surface area contributed by atoms with Crippen LogP contribution in [-0.2, 0) is 13.5 Å². The summed E-state index contributed by atoms with van der Waals surface area (Å²) in [4.78, 5) is 4.14. The van der Waals surface area contributed by atoms with E-state index < -0.39 is 0 Å². The molecule has 1 aliphatic carbocycles. The van der Waals surface area contributed by atoms with Crippen molar-refractivity contribution >= 4 is 0 Å². The first kappa shape index (κ1) is 10.6. The summed E-state index contributed by atoms with van der Waals surface area (Å²) in [5.41, 5.74) is 0. The summed E-state index contributed by atoms with van der Waals surface area (Å²) in [5.74, 6) is 1.35. The van der Waals surface area contributed by atoms with Gasteiger partial charge >= 0.3 is 0 Å². The zero-order valence-corrected chi connectivity index (χ0v) is 9.26. The Kier molecular flexibility index (Phi) is 3.36. The molecule has 84 valence electrons. The fraction of sp³-hybridized carbons (Fsp3) is 0.818. The normalized spacial score (nSPS) is 20.4. The summed E-state index contributed by atoms with van der Waals surface area (Å²) in [5, 5.41) is 14.1. The lowest BCUT2D eigenvalue weighted by Gasteiger charge is -2.26. The molecule has 15 heavy (non-hydrogen) atoms. The molecule has 4 heteroatoms. The predicted molar refractivity (Wildman–Crippen MR) is 57.3 cm³/mol. The van der Waals surface area contributed by atoms with Gasteiger partial charge in [0.2, 0.25) is 0 Å². The minimum atomic E-state index is -0.242. The van der Waals surface area contributed by atoms with E-state index in [1.54, 1.807) is 11.0 Å². The highest BCUT2D eigenvalue weighted by molar-refractivity contribution is 4.89. The molecule has 1 saturated carbocycles. The van der Waals surface area contributed by atoms with Crippen LogP contribution in [0, 0.1) is 5.92 Å². The van der Waals surface area contributed by atoms with Crippen LogP contribution in [0.3, 0.4) is 0 Å². The number of aryl methyl sites for hydroxylation is 1. The molecule has 0 aromatic carbocycles. The smallest absolute Gasteiger partial charge is 0.138 e. The summed E-state index contributed by atoms with van der Waals surface area (Å²) >= 11 is 0. The maximum absolute atomic E-state index is 10.1. The van der Waals surface area contributed by atoms with E-state index in [2.05, 4.69) is 10.1 Å². The molecule has 1 N–H and O–H groups in total. The van der Waals surface area contributed by atoms with Crippen LogP contribution in [0.2, 0.25) is 0 Å². The number of nitrogens with zero attached hydrogens (tertiary/aromatic N) is 3. The Morgan fingerprint density at radius 2 is 2.20 bits per heavy atom. The second-order valence-corrected chi connectivity index (χ2v) is 4.47. The molecule has 4 nitrogen and oxygen atoms in total. The van der Waals surface area contributed by atoms with Crippen molar-refractivity contribution in [2.45, 2.75) is 44.6 Å². The number of aliphatic hydroxyl groups excluding tert-OH is 1. The molecule has 1 aromatic heterocycles. The van der Waals surface area contributed by atoms with E-state index in [0.717, 1.165) is 5.82 Å². The fourth-order valence-electron chi connectivity index (χ4n) is 2.38. The minimum absolute atomic E-state index is 0.242. The van der Waals surface area contributed by atoms with E-state index in [1.165, 1.54) is 32.1 Å². The third-order valence-corrected chi connectivity index (χ3v) is 3.39. The number of aliphatic hydroxyl groups is 1. The fourth-order valence-corrected chi connectivity index (χ4v) is 2.38. The second-order valence-electron chi connectivity index (χ2n) is 4.47. The van der Waals surface area contributed by atoms with Crippen molar-refractivity contribution < 1.29 is 5.11 Å². The molecule has 1 aromatic rings. The molecule has 0 aliphatic heterocycles. The van der Waals surface area contributed by atoms with Crippen LogP contribution < -0.4 is 0 Å². The highest BCUT2D eigenvalue weighted by Crippen LogP contribution is 2.27. The lowest BCUT2D eigenvalue weighted by atomic mass is 9.84. The van der Waals surface area contributed by atoms with E-state index in [9.17, 15) is 5.11 Å². The highest BCUT2D eigenvalue weighted by atomic mass is 16.3. The third kappa shape index (κ3) is 2.56. The molecule has 0 amide bonds. The molecule has 0 spiro atoms. The largest absolute Gasteiger partial charge is 0.392 e. The molecule has 0 bridgehead atoms. The summed E-state index contributed by atoms with van der Waals surface area (Å²) < 4.78 is 1.74. The maximum Gasteiger partial charge on any atom is 0.138 e. The van der Waals surface area contributed by atoms with Gasteiger partial charge in [-0.3, -0.25) is 4.68 Å². The lowest BCUT2D eigenvalue weighted by Crippen LogP contribution is -2.26. The summed E-state index contributed by atoms with van der Waals surface area (Å²) in [7, 11) is 1.87. The molecule has 0 saturated heterocycles. The molecular formula is C11H19N3O. The van der Waals surface area contributed by atoms with E-state index in [-0.39, 0.29) is 6.10 Å². The second kappa shape index (κ2) is 4.75. The van der Waals surface area contributed by atoms with Gasteiger partial charge in [-0.2, -0.15) is 5.10 Å². The topological polar surface area (TPSA) is 50.9 Å². The molecular weight excluding hydrogens is 190 g/mol. The maximum atomic E-state index is 10.1. The Labute approximate surface area is 90.3 Å². The van der Waals surface area contributed by atoms with Gasteiger partial charge in [-0.1, -0.05) is 19.3 Å². The van der Waals surface area contributed by atoms with Gasteiger partial charge in [0.15, 0.2) is 0 Å². The zero-order valence-electron chi connectivity index (χ0n) is 9.26. The molecule has 0 radical (unpaired) electrons. The van der Waals surface area contributed by atoms with Crippen molar-refractivity contribution in [2.75, 3.05) is 0 Å².